The molecule has 1 saturated heterocycles. The highest BCUT2D eigenvalue weighted by Crippen LogP contribution is 2.35. The highest BCUT2D eigenvalue weighted by atomic mass is 16.5. The number of rotatable bonds is 5. The van der Waals surface area contributed by atoms with Crippen LogP contribution >= 0.6 is 0 Å². The third-order valence-electron chi connectivity index (χ3n) is 5.63. The fourth-order valence-corrected chi connectivity index (χ4v) is 3.71. The van der Waals surface area contributed by atoms with Gasteiger partial charge in [-0.1, -0.05) is 37.3 Å². The highest BCUT2D eigenvalue weighted by molar-refractivity contribution is 5.94. The van der Waals surface area contributed by atoms with Crippen LogP contribution in [0.5, 0.6) is 5.75 Å². The van der Waals surface area contributed by atoms with Crippen molar-refractivity contribution in [1.29, 1.82) is 0 Å². The van der Waals surface area contributed by atoms with E-state index in [-0.39, 0.29) is 17.9 Å². The molecule has 150 valence electrons. The number of likely N-dealkylation sites (tertiary alicyclic amines) is 1. The van der Waals surface area contributed by atoms with Crippen LogP contribution in [0.1, 0.15) is 55.1 Å². The number of hydrogen-bond donors (Lipinski definition) is 1. The Hall–Kier alpha value is -2.33. The lowest BCUT2D eigenvalue weighted by molar-refractivity contribution is 0.0282. The number of aryl methyl sites for hydroxylation is 1. The molecule has 3 rings (SSSR count). The summed E-state index contributed by atoms with van der Waals surface area (Å²) >= 11 is 0. The van der Waals surface area contributed by atoms with E-state index in [0.717, 1.165) is 31.5 Å². The van der Waals surface area contributed by atoms with Crippen molar-refractivity contribution in [1.82, 2.24) is 4.90 Å². The summed E-state index contributed by atoms with van der Waals surface area (Å²) in [5, 5.41) is 9.82. The van der Waals surface area contributed by atoms with E-state index in [1.165, 1.54) is 5.56 Å². The number of amides is 1. The predicted octanol–water partition coefficient (Wildman–Crippen LogP) is 4.34. The zero-order chi connectivity index (χ0) is 20.4. The first kappa shape index (κ1) is 20.4. The van der Waals surface area contributed by atoms with Crippen LogP contribution in [0.3, 0.4) is 0 Å². The lowest BCUT2D eigenvalue weighted by Gasteiger charge is -2.40. The second-order valence-corrected chi connectivity index (χ2v) is 8.80. The van der Waals surface area contributed by atoms with E-state index in [0.29, 0.717) is 11.3 Å². The molecule has 0 aliphatic carbocycles. The van der Waals surface area contributed by atoms with Gasteiger partial charge in [-0.15, -0.1) is 0 Å². The van der Waals surface area contributed by atoms with Gasteiger partial charge in [0.2, 0.25) is 0 Å². The molecule has 2 aromatic rings. The van der Waals surface area contributed by atoms with E-state index in [4.69, 9.17) is 4.74 Å². The topological polar surface area (TPSA) is 49.8 Å². The van der Waals surface area contributed by atoms with Crippen LogP contribution < -0.4 is 4.74 Å². The lowest BCUT2D eigenvalue weighted by atomic mass is 9.74. The van der Waals surface area contributed by atoms with E-state index in [1.807, 2.05) is 36.1 Å². The van der Waals surface area contributed by atoms with Crippen molar-refractivity contribution in [3.8, 4) is 5.75 Å². The van der Waals surface area contributed by atoms with Gasteiger partial charge in [-0.2, -0.15) is 0 Å². The number of carbonyl (C=O) groups is 1. The Balaban J connectivity index is 1.64. The smallest absolute Gasteiger partial charge is 0.253 e. The predicted molar refractivity (Wildman–Crippen MR) is 112 cm³/mol. The molecule has 0 atom stereocenters. The van der Waals surface area contributed by atoms with Crippen LogP contribution in [-0.2, 0) is 5.41 Å². The second-order valence-electron chi connectivity index (χ2n) is 8.80. The Bertz CT molecular complexity index is 815. The molecule has 0 radical (unpaired) electrons. The van der Waals surface area contributed by atoms with Crippen molar-refractivity contribution >= 4 is 5.91 Å². The Labute approximate surface area is 168 Å². The van der Waals surface area contributed by atoms with Gasteiger partial charge in [-0.05, 0) is 68.4 Å². The molecule has 1 aliphatic heterocycles. The minimum absolute atomic E-state index is 0.0762. The minimum Gasteiger partial charge on any atom is -0.490 e. The van der Waals surface area contributed by atoms with Crippen molar-refractivity contribution in [2.24, 2.45) is 0 Å². The summed E-state index contributed by atoms with van der Waals surface area (Å²) in [7, 11) is 0. The molecular formula is C24H31NO3. The summed E-state index contributed by atoms with van der Waals surface area (Å²) in [4.78, 5) is 14.9. The van der Waals surface area contributed by atoms with Gasteiger partial charge in [-0.3, -0.25) is 4.79 Å². The van der Waals surface area contributed by atoms with Crippen LogP contribution in [-0.4, -0.2) is 41.2 Å². The van der Waals surface area contributed by atoms with Crippen LogP contribution in [0.2, 0.25) is 0 Å². The van der Waals surface area contributed by atoms with Gasteiger partial charge in [-0.25, -0.2) is 0 Å². The number of carbonyl (C=O) groups excluding carboxylic acids is 1. The molecule has 1 heterocycles. The average molecular weight is 382 g/mol. The first-order valence-electron chi connectivity index (χ1n) is 9.99. The van der Waals surface area contributed by atoms with Gasteiger partial charge in [0.05, 0.1) is 5.60 Å². The van der Waals surface area contributed by atoms with Crippen molar-refractivity contribution in [3.63, 3.8) is 0 Å². The first-order chi connectivity index (χ1) is 13.2. The zero-order valence-electron chi connectivity index (χ0n) is 17.4. The summed E-state index contributed by atoms with van der Waals surface area (Å²) in [5.41, 5.74) is 2.19. The summed E-state index contributed by atoms with van der Waals surface area (Å²) in [6, 6.07) is 16.1. The molecule has 1 amide bonds. The number of piperidine rings is 1. The molecule has 0 bridgehead atoms. The largest absolute Gasteiger partial charge is 0.490 e. The Kier molecular flexibility index (Phi) is 5.80. The van der Waals surface area contributed by atoms with Crippen molar-refractivity contribution in [2.75, 3.05) is 19.7 Å². The highest BCUT2D eigenvalue weighted by Gasteiger charge is 2.33. The van der Waals surface area contributed by atoms with E-state index in [9.17, 15) is 9.90 Å². The summed E-state index contributed by atoms with van der Waals surface area (Å²) in [6.07, 6.45) is 1.93. The molecule has 0 unspecified atom stereocenters. The molecular weight excluding hydrogens is 350 g/mol. The van der Waals surface area contributed by atoms with Gasteiger partial charge < -0.3 is 14.7 Å². The van der Waals surface area contributed by atoms with Crippen LogP contribution in [0.4, 0.5) is 0 Å². The van der Waals surface area contributed by atoms with E-state index < -0.39 is 5.60 Å². The third-order valence-corrected chi connectivity index (χ3v) is 5.63. The normalized spacial score (nSPS) is 16.7. The molecule has 1 aliphatic rings. The van der Waals surface area contributed by atoms with Crippen molar-refractivity contribution in [2.45, 2.75) is 51.6 Å². The van der Waals surface area contributed by atoms with Crippen LogP contribution in [0.25, 0.3) is 0 Å². The van der Waals surface area contributed by atoms with Gasteiger partial charge >= 0.3 is 0 Å². The van der Waals surface area contributed by atoms with Gasteiger partial charge in [0.1, 0.15) is 12.4 Å². The average Bonchev–Trinajstić information content (AvgIpc) is 2.67. The Morgan fingerprint density at radius 1 is 1.14 bits per heavy atom. The second kappa shape index (κ2) is 7.96. The maximum atomic E-state index is 13.0. The molecule has 1 fully saturated rings. The number of hydrogen-bond acceptors (Lipinski definition) is 3. The zero-order valence-corrected chi connectivity index (χ0v) is 17.4. The molecule has 28 heavy (non-hydrogen) atoms. The van der Waals surface area contributed by atoms with Crippen LogP contribution in [0.15, 0.2) is 48.5 Å². The van der Waals surface area contributed by atoms with Crippen molar-refractivity contribution < 1.29 is 14.6 Å². The molecule has 0 aromatic heterocycles. The quantitative estimate of drug-likeness (QED) is 0.838. The molecule has 1 N–H and O–H groups in total. The standard InChI is InChI=1S/C24H31NO3/c1-18-16-19(10-11-21(18)28-17-23(2,3)27)22(26)25-14-12-24(4,13-15-25)20-8-6-5-7-9-20/h5-11,16,27H,12-15,17H2,1-4H3. The lowest BCUT2D eigenvalue weighted by Crippen LogP contribution is -2.43. The number of nitrogens with zero attached hydrogens (tertiary/aromatic N) is 1. The maximum Gasteiger partial charge on any atom is 0.253 e. The Morgan fingerprint density at radius 3 is 2.36 bits per heavy atom. The summed E-state index contributed by atoms with van der Waals surface area (Å²) in [5.74, 6) is 0.779. The molecule has 0 saturated carbocycles. The SMILES string of the molecule is Cc1cc(C(=O)N2CCC(C)(c3ccccc3)CC2)ccc1OCC(C)(C)O. The minimum atomic E-state index is -0.889. The first-order valence-corrected chi connectivity index (χ1v) is 9.99. The summed E-state index contributed by atoms with van der Waals surface area (Å²) < 4.78 is 5.68. The molecule has 0 spiro atoms. The van der Waals surface area contributed by atoms with Gasteiger partial charge in [0.25, 0.3) is 5.91 Å². The van der Waals surface area contributed by atoms with Gasteiger partial charge in [0.15, 0.2) is 0 Å². The monoisotopic (exact) mass is 381 g/mol. The van der Waals surface area contributed by atoms with Crippen LogP contribution in [0, 0.1) is 6.92 Å². The maximum absolute atomic E-state index is 13.0. The molecule has 4 heteroatoms. The summed E-state index contributed by atoms with van der Waals surface area (Å²) in [6.45, 7) is 9.38. The number of ether oxygens (including phenoxy) is 1. The fraction of sp³-hybridized carbons (Fsp3) is 0.458. The van der Waals surface area contributed by atoms with Gasteiger partial charge in [0, 0.05) is 18.7 Å². The van der Waals surface area contributed by atoms with E-state index in [2.05, 4.69) is 31.2 Å². The van der Waals surface area contributed by atoms with E-state index in [1.54, 1.807) is 13.8 Å². The molecule has 2 aromatic carbocycles. The third kappa shape index (κ3) is 4.74. The number of benzene rings is 2. The van der Waals surface area contributed by atoms with Crippen molar-refractivity contribution in [3.05, 3.63) is 65.2 Å². The Morgan fingerprint density at radius 2 is 1.79 bits per heavy atom. The molecule has 4 nitrogen and oxygen atoms in total. The number of aliphatic hydroxyl groups is 1. The van der Waals surface area contributed by atoms with E-state index >= 15 is 0 Å². The fourth-order valence-electron chi connectivity index (χ4n) is 3.71.